The molecule has 0 aliphatic carbocycles. The Hall–Kier alpha value is -3.26. The Morgan fingerprint density at radius 1 is 1.07 bits per heavy atom. The van der Waals surface area contributed by atoms with Crippen LogP contribution in [0.2, 0.25) is 0 Å². The third kappa shape index (κ3) is 2.91. The van der Waals surface area contributed by atoms with E-state index in [0.29, 0.717) is 31.8 Å². The average molecular weight is 391 g/mol. The molecule has 3 aromatic heterocycles. The Labute approximate surface area is 164 Å². The highest BCUT2D eigenvalue weighted by Crippen LogP contribution is 2.29. The molecule has 1 aliphatic heterocycles. The zero-order valence-corrected chi connectivity index (χ0v) is 15.8. The minimum atomic E-state index is -0.398. The third-order valence-corrected chi connectivity index (χ3v) is 6.06. The lowest BCUT2D eigenvalue weighted by Crippen LogP contribution is -2.49. The van der Waals surface area contributed by atoms with Gasteiger partial charge in [0.15, 0.2) is 5.13 Å². The second-order valence-electron chi connectivity index (χ2n) is 6.70. The van der Waals surface area contributed by atoms with Gasteiger partial charge in [-0.05, 0) is 30.3 Å². The fourth-order valence-corrected chi connectivity index (χ4v) is 4.48. The number of thiazole rings is 1. The fourth-order valence-electron chi connectivity index (χ4n) is 3.46. The molecule has 0 saturated carbocycles. The van der Waals surface area contributed by atoms with Crippen molar-refractivity contribution in [2.45, 2.75) is 0 Å². The quantitative estimate of drug-likeness (QED) is 0.568. The van der Waals surface area contributed by atoms with Crippen molar-refractivity contribution >= 4 is 43.6 Å². The molecule has 8 heteroatoms. The van der Waals surface area contributed by atoms with Crippen LogP contribution >= 0.6 is 11.3 Å². The number of benzene rings is 1. The number of amides is 1. The number of aromatic amines is 1. The van der Waals surface area contributed by atoms with Crippen LogP contribution in [0.3, 0.4) is 0 Å². The van der Waals surface area contributed by atoms with Gasteiger partial charge in [-0.1, -0.05) is 23.5 Å². The van der Waals surface area contributed by atoms with Crippen LogP contribution in [0.15, 0.2) is 53.5 Å². The Kier molecular flexibility index (Phi) is 4.05. The van der Waals surface area contributed by atoms with Gasteiger partial charge in [0.05, 0.1) is 10.2 Å². The maximum atomic E-state index is 12.9. The molecule has 1 amide bonds. The Morgan fingerprint density at radius 3 is 2.71 bits per heavy atom. The number of fused-ring (bicyclic) bond motifs is 2. The van der Waals surface area contributed by atoms with Gasteiger partial charge in [0.2, 0.25) is 0 Å². The lowest BCUT2D eigenvalue weighted by molar-refractivity contribution is 0.0745. The number of pyridine rings is 2. The summed E-state index contributed by atoms with van der Waals surface area (Å²) in [5.41, 5.74) is 1.25. The van der Waals surface area contributed by atoms with E-state index in [2.05, 4.69) is 20.9 Å². The van der Waals surface area contributed by atoms with Gasteiger partial charge in [-0.15, -0.1) is 0 Å². The number of aromatic nitrogens is 3. The molecule has 28 heavy (non-hydrogen) atoms. The molecule has 0 spiro atoms. The van der Waals surface area contributed by atoms with Crippen LogP contribution in [-0.2, 0) is 0 Å². The van der Waals surface area contributed by atoms with E-state index < -0.39 is 5.56 Å². The van der Waals surface area contributed by atoms with Crippen molar-refractivity contribution in [3.8, 4) is 0 Å². The smallest absolute Gasteiger partial charge is 0.262 e. The van der Waals surface area contributed by atoms with Gasteiger partial charge in [0, 0.05) is 37.8 Å². The van der Waals surface area contributed by atoms with Crippen LogP contribution < -0.4 is 10.5 Å². The van der Waals surface area contributed by atoms with E-state index in [1.54, 1.807) is 34.6 Å². The lowest BCUT2D eigenvalue weighted by Gasteiger charge is -2.34. The van der Waals surface area contributed by atoms with Gasteiger partial charge in [0.1, 0.15) is 11.2 Å². The molecular formula is C20H17N5O2S. The highest BCUT2D eigenvalue weighted by molar-refractivity contribution is 7.22. The molecular weight excluding hydrogens is 374 g/mol. The molecule has 0 unspecified atom stereocenters. The van der Waals surface area contributed by atoms with Crippen molar-refractivity contribution in [3.63, 3.8) is 0 Å². The monoisotopic (exact) mass is 391 g/mol. The van der Waals surface area contributed by atoms with Crippen LogP contribution in [0.5, 0.6) is 0 Å². The van der Waals surface area contributed by atoms with E-state index in [1.807, 2.05) is 24.3 Å². The molecule has 1 fully saturated rings. The SMILES string of the molecule is O=C(c1cc2cccnc2[nH]c1=O)N1CCN(c2nc3ccccc3s2)CC1. The van der Waals surface area contributed by atoms with Gasteiger partial charge in [0.25, 0.3) is 11.5 Å². The van der Waals surface area contributed by atoms with Gasteiger partial charge in [-0.3, -0.25) is 9.59 Å². The van der Waals surface area contributed by atoms with E-state index in [1.165, 1.54) is 0 Å². The lowest BCUT2D eigenvalue weighted by atomic mass is 10.1. The number of nitrogens with one attached hydrogen (secondary N) is 1. The zero-order chi connectivity index (χ0) is 19.1. The van der Waals surface area contributed by atoms with Gasteiger partial charge >= 0.3 is 0 Å². The molecule has 140 valence electrons. The maximum Gasteiger partial charge on any atom is 0.262 e. The standard InChI is InChI=1S/C20H17N5O2S/c26-18-14(12-13-4-3-7-21-17(13)23-18)19(27)24-8-10-25(11-9-24)20-22-15-5-1-2-6-16(15)28-20/h1-7,12H,8-11H2,(H,21,23,26). The largest absolute Gasteiger partial charge is 0.345 e. The second-order valence-corrected chi connectivity index (χ2v) is 7.71. The number of carbonyl (C=O) groups is 1. The number of rotatable bonds is 2. The molecule has 4 aromatic rings. The number of hydrogen-bond acceptors (Lipinski definition) is 6. The number of para-hydroxylation sites is 1. The first kappa shape index (κ1) is 16.9. The molecule has 1 saturated heterocycles. The minimum absolute atomic E-state index is 0.161. The van der Waals surface area contributed by atoms with Gasteiger partial charge in [-0.2, -0.15) is 0 Å². The maximum absolute atomic E-state index is 12.9. The van der Waals surface area contributed by atoms with E-state index in [-0.39, 0.29) is 11.5 Å². The molecule has 7 nitrogen and oxygen atoms in total. The summed E-state index contributed by atoms with van der Waals surface area (Å²) in [6, 6.07) is 13.3. The normalized spacial score (nSPS) is 14.7. The Bertz CT molecular complexity index is 1210. The van der Waals surface area contributed by atoms with E-state index >= 15 is 0 Å². The van der Waals surface area contributed by atoms with Crippen LogP contribution in [0.1, 0.15) is 10.4 Å². The highest BCUT2D eigenvalue weighted by atomic mass is 32.1. The van der Waals surface area contributed by atoms with E-state index in [9.17, 15) is 9.59 Å². The summed E-state index contributed by atoms with van der Waals surface area (Å²) >= 11 is 1.66. The molecule has 0 bridgehead atoms. The first-order valence-electron chi connectivity index (χ1n) is 9.07. The third-order valence-electron chi connectivity index (χ3n) is 4.97. The van der Waals surface area contributed by atoms with Crippen molar-refractivity contribution in [1.29, 1.82) is 0 Å². The topological polar surface area (TPSA) is 82.2 Å². The Balaban J connectivity index is 1.34. The predicted molar refractivity (Wildman–Crippen MR) is 110 cm³/mol. The predicted octanol–water partition coefficient (Wildman–Crippen LogP) is 2.50. The Morgan fingerprint density at radius 2 is 1.89 bits per heavy atom. The number of hydrogen-bond donors (Lipinski definition) is 1. The van der Waals surface area contributed by atoms with E-state index in [0.717, 1.165) is 20.7 Å². The zero-order valence-electron chi connectivity index (χ0n) is 15.0. The van der Waals surface area contributed by atoms with Crippen molar-refractivity contribution < 1.29 is 4.79 Å². The van der Waals surface area contributed by atoms with Crippen LogP contribution in [0.4, 0.5) is 5.13 Å². The molecule has 4 heterocycles. The van der Waals surface area contributed by atoms with E-state index in [4.69, 9.17) is 4.98 Å². The first-order valence-corrected chi connectivity index (χ1v) is 9.88. The summed E-state index contributed by atoms with van der Waals surface area (Å²) in [5.74, 6) is -0.240. The van der Waals surface area contributed by atoms with Crippen molar-refractivity contribution in [2.24, 2.45) is 0 Å². The molecule has 1 N–H and O–H groups in total. The van der Waals surface area contributed by atoms with Gasteiger partial charge in [-0.25, -0.2) is 9.97 Å². The van der Waals surface area contributed by atoms with Crippen LogP contribution in [-0.4, -0.2) is 51.9 Å². The summed E-state index contributed by atoms with van der Waals surface area (Å²) in [6.45, 7) is 2.50. The van der Waals surface area contributed by atoms with Gasteiger partial charge < -0.3 is 14.8 Å². The van der Waals surface area contributed by atoms with Crippen LogP contribution in [0, 0.1) is 0 Å². The first-order chi connectivity index (χ1) is 13.7. The number of H-pyrrole nitrogens is 1. The molecule has 5 rings (SSSR count). The van der Waals surface area contributed by atoms with Crippen LogP contribution in [0.25, 0.3) is 21.3 Å². The number of anilines is 1. The van der Waals surface area contributed by atoms with Crippen molar-refractivity contribution in [3.05, 3.63) is 64.6 Å². The average Bonchev–Trinajstić information content (AvgIpc) is 3.17. The highest BCUT2D eigenvalue weighted by Gasteiger charge is 2.25. The summed E-state index contributed by atoms with van der Waals surface area (Å²) < 4.78 is 1.16. The molecule has 1 aliphatic rings. The van der Waals surface area contributed by atoms with Crippen molar-refractivity contribution in [1.82, 2.24) is 19.9 Å². The number of nitrogens with zero attached hydrogens (tertiary/aromatic N) is 4. The minimum Gasteiger partial charge on any atom is -0.345 e. The van der Waals surface area contributed by atoms with Crippen molar-refractivity contribution in [2.75, 3.05) is 31.1 Å². The summed E-state index contributed by atoms with van der Waals surface area (Å²) in [5, 5.41) is 1.72. The molecule has 0 radical (unpaired) electrons. The fraction of sp³-hybridized carbons (Fsp3) is 0.200. The molecule has 1 aromatic carbocycles. The summed E-state index contributed by atoms with van der Waals surface area (Å²) in [7, 11) is 0. The number of carbonyl (C=O) groups excluding carboxylic acids is 1. The summed E-state index contributed by atoms with van der Waals surface area (Å²) in [6.07, 6.45) is 1.61. The summed E-state index contributed by atoms with van der Waals surface area (Å²) in [4.78, 5) is 40.7. The molecule has 0 atom stereocenters. The number of piperazine rings is 1. The second kappa shape index (κ2) is 6.72.